The Morgan fingerprint density at radius 3 is 2.48 bits per heavy atom. The molecule has 1 unspecified atom stereocenters. The highest BCUT2D eigenvalue weighted by molar-refractivity contribution is 9.10. The monoisotopic (exact) mass is 473 g/mol. The number of hydrogen-bond acceptors (Lipinski definition) is 4. The van der Waals surface area contributed by atoms with Crippen LogP contribution in [-0.2, 0) is 11.3 Å². The van der Waals surface area contributed by atoms with Crippen molar-refractivity contribution in [2.45, 2.75) is 51.6 Å². The molecule has 5 nitrogen and oxygen atoms in total. The molecule has 152 valence electrons. The number of carbonyl (C=O) groups excluding carboxylic acids is 1. The zero-order valence-electron chi connectivity index (χ0n) is 17.2. The predicted molar refractivity (Wildman–Crippen MR) is 124 cm³/mol. The summed E-state index contributed by atoms with van der Waals surface area (Å²) in [4.78, 5) is 30.4. The summed E-state index contributed by atoms with van der Waals surface area (Å²) in [6.07, 6.45) is 0. The first-order chi connectivity index (χ1) is 13.7. The molecule has 0 aliphatic rings. The summed E-state index contributed by atoms with van der Waals surface area (Å²) in [5.74, 6) is -0.113. The van der Waals surface area contributed by atoms with E-state index < -0.39 is 5.25 Å². The molecule has 1 N–H and O–H groups in total. The second-order valence-corrected chi connectivity index (χ2v) is 9.35. The van der Waals surface area contributed by atoms with E-state index in [1.807, 2.05) is 46.8 Å². The van der Waals surface area contributed by atoms with Gasteiger partial charge in [0.1, 0.15) is 0 Å². The van der Waals surface area contributed by atoms with Gasteiger partial charge in [-0.05, 0) is 63.9 Å². The molecule has 3 rings (SSSR count). The van der Waals surface area contributed by atoms with Crippen LogP contribution in [0.15, 0.2) is 44.8 Å². The number of carbonyl (C=O) groups is 1. The summed E-state index contributed by atoms with van der Waals surface area (Å²) >= 11 is 4.70. The summed E-state index contributed by atoms with van der Waals surface area (Å²) in [6.45, 7) is 10.2. The first kappa shape index (κ1) is 21.6. The molecular weight excluding hydrogens is 450 g/mol. The topological polar surface area (TPSA) is 64.0 Å². The molecule has 1 amide bonds. The number of anilines is 1. The number of benzene rings is 2. The highest BCUT2D eigenvalue weighted by Crippen LogP contribution is 2.27. The number of rotatable bonds is 5. The van der Waals surface area contributed by atoms with Gasteiger partial charge in [0.25, 0.3) is 5.56 Å². The van der Waals surface area contributed by atoms with E-state index >= 15 is 0 Å². The Bertz CT molecular complexity index is 1130. The van der Waals surface area contributed by atoms with Gasteiger partial charge in [-0.2, -0.15) is 0 Å². The maximum absolute atomic E-state index is 12.9. The summed E-state index contributed by atoms with van der Waals surface area (Å²) in [6, 6.07) is 9.56. The Hall–Kier alpha value is -2.12. The van der Waals surface area contributed by atoms with Gasteiger partial charge in [-0.3, -0.25) is 14.2 Å². The van der Waals surface area contributed by atoms with Gasteiger partial charge in [0.2, 0.25) is 5.91 Å². The lowest BCUT2D eigenvalue weighted by Gasteiger charge is -2.17. The number of fused-ring (bicyclic) bond motifs is 1. The van der Waals surface area contributed by atoms with Gasteiger partial charge in [-0.1, -0.05) is 45.4 Å². The number of thioether (sulfide) groups is 1. The molecule has 3 aromatic rings. The zero-order chi connectivity index (χ0) is 21.3. The summed E-state index contributed by atoms with van der Waals surface area (Å²) in [5.41, 5.74) is 4.61. The standard InChI is InChI=1S/C22H24BrN3O2S/c1-6-26-21(28)17-11-16(23)7-8-18(17)24-22(26)29-15(5)20(27)25-19-13(3)9-12(2)10-14(19)4/h7-11,15H,6H2,1-5H3,(H,25,27). The number of nitrogens with one attached hydrogen (secondary N) is 1. The molecule has 1 atom stereocenters. The van der Waals surface area contributed by atoms with Crippen LogP contribution in [0.3, 0.4) is 0 Å². The minimum atomic E-state index is -0.410. The van der Waals surface area contributed by atoms with Gasteiger partial charge < -0.3 is 5.32 Å². The van der Waals surface area contributed by atoms with Crippen LogP contribution in [0.1, 0.15) is 30.5 Å². The van der Waals surface area contributed by atoms with Crippen molar-refractivity contribution in [2.24, 2.45) is 0 Å². The van der Waals surface area contributed by atoms with E-state index in [-0.39, 0.29) is 11.5 Å². The molecule has 0 saturated heterocycles. The highest BCUT2D eigenvalue weighted by Gasteiger charge is 2.20. The largest absolute Gasteiger partial charge is 0.325 e. The van der Waals surface area contributed by atoms with Crippen molar-refractivity contribution >= 4 is 50.2 Å². The van der Waals surface area contributed by atoms with E-state index in [1.54, 1.807) is 10.6 Å². The predicted octanol–water partition coefficient (Wildman–Crippen LogP) is 5.22. The molecule has 1 heterocycles. The SMILES string of the molecule is CCn1c(SC(C)C(=O)Nc2c(C)cc(C)cc2C)nc2ccc(Br)cc2c1=O. The fourth-order valence-corrected chi connectivity index (χ4v) is 4.69. The van der Waals surface area contributed by atoms with Crippen LogP contribution < -0.4 is 10.9 Å². The number of halogens is 1. The number of aryl methyl sites for hydroxylation is 3. The molecule has 0 spiro atoms. The van der Waals surface area contributed by atoms with Crippen LogP contribution in [0.2, 0.25) is 0 Å². The Labute approximate surface area is 183 Å². The normalized spacial score (nSPS) is 12.2. The lowest BCUT2D eigenvalue weighted by Crippen LogP contribution is -2.27. The number of nitrogens with zero attached hydrogens (tertiary/aromatic N) is 2. The molecule has 0 bridgehead atoms. The lowest BCUT2D eigenvalue weighted by atomic mass is 10.1. The maximum atomic E-state index is 12.9. The smallest absolute Gasteiger partial charge is 0.262 e. The first-order valence-corrected chi connectivity index (χ1v) is 11.1. The molecule has 7 heteroatoms. The van der Waals surface area contributed by atoms with Crippen LogP contribution in [0.5, 0.6) is 0 Å². The van der Waals surface area contributed by atoms with Crippen LogP contribution in [0.4, 0.5) is 5.69 Å². The average molecular weight is 474 g/mol. The summed E-state index contributed by atoms with van der Waals surface area (Å²) < 4.78 is 2.45. The Morgan fingerprint density at radius 2 is 1.86 bits per heavy atom. The van der Waals surface area contributed by atoms with Crippen molar-refractivity contribution in [3.63, 3.8) is 0 Å². The second kappa shape index (κ2) is 8.71. The number of amides is 1. The molecule has 2 aromatic carbocycles. The third-order valence-electron chi connectivity index (χ3n) is 4.77. The number of hydrogen-bond donors (Lipinski definition) is 1. The fraction of sp³-hybridized carbons (Fsp3) is 0.318. The van der Waals surface area contributed by atoms with Crippen LogP contribution >= 0.6 is 27.7 Å². The van der Waals surface area contributed by atoms with Crippen molar-refractivity contribution in [2.75, 3.05) is 5.32 Å². The molecule has 0 aliphatic heterocycles. The van der Waals surface area contributed by atoms with Crippen molar-refractivity contribution in [1.29, 1.82) is 0 Å². The van der Waals surface area contributed by atoms with E-state index in [4.69, 9.17) is 0 Å². The summed E-state index contributed by atoms with van der Waals surface area (Å²) in [7, 11) is 0. The molecule has 0 aliphatic carbocycles. The molecule has 0 saturated carbocycles. The third kappa shape index (κ3) is 4.56. The molecule has 29 heavy (non-hydrogen) atoms. The molecule has 1 aromatic heterocycles. The van der Waals surface area contributed by atoms with Crippen LogP contribution in [-0.4, -0.2) is 20.7 Å². The third-order valence-corrected chi connectivity index (χ3v) is 6.36. The van der Waals surface area contributed by atoms with Crippen molar-refractivity contribution in [3.05, 3.63) is 61.8 Å². The Morgan fingerprint density at radius 1 is 1.21 bits per heavy atom. The Balaban J connectivity index is 1.89. The van der Waals surface area contributed by atoms with Crippen molar-refractivity contribution < 1.29 is 4.79 Å². The van der Waals surface area contributed by atoms with Gasteiger partial charge in [0.05, 0.1) is 16.2 Å². The van der Waals surface area contributed by atoms with Gasteiger partial charge in [-0.25, -0.2) is 4.98 Å². The number of aromatic nitrogens is 2. The summed E-state index contributed by atoms with van der Waals surface area (Å²) in [5, 5.41) is 3.74. The van der Waals surface area contributed by atoms with Gasteiger partial charge in [0, 0.05) is 16.7 Å². The van der Waals surface area contributed by atoms with Gasteiger partial charge in [0.15, 0.2) is 5.16 Å². The molecular formula is C22H24BrN3O2S. The highest BCUT2D eigenvalue weighted by atomic mass is 79.9. The van der Waals surface area contributed by atoms with Crippen molar-refractivity contribution in [1.82, 2.24) is 9.55 Å². The lowest BCUT2D eigenvalue weighted by molar-refractivity contribution is -0.115. The van der Waals surface area contributed by atoms with E-state index in [2.05, 4.69) is 38.4 Å². The van der Waals surface area contributed by atoms with E-state index in [9.17, 15) is 9.59 Å². The van der Waals surface area contributed by atoms with Crippen LogP contribution in [0, 0.1) is 20.8 Å². The van der Waals surface area contributed by atoms with Gasteiger partial charge >= 0.3 is 0 Å². The minimum Gasteiger partial charge on any atom is -0.325 e. The quantitative estimate of drug-likeness (QED) is 0.407. The average Bonchev–Trinajstić information content (AvgIpc) is 2.65. The zero-order valence-corrected chi connectivity index (χ0v) is 19.6. The maximum Gasteiger partial charge on any atom is 0.262 e. The van der Waals surface area contributed by atoms with E-state index in [1.165, 1.54) is 17.3 Å². The van der Waals surface area contributed by atoms with Crippen LogP contribution in [0.25, 0.3) is 10.9 Å². The van der Waals surface area contributed by atoms with E-state index in [0.717, 1.165) is 21.3 Å². The van der Waals surface area contributed by atoms with Crippen molar-refractivity contribution in [3.8, 4) is 0 Å². The fourth-order valence-electron chi connectivity index (χ4n) is 3.36. The van der Waals surface area contributed by atoms with E-state index in [0.29, 0.717) is 22.6 Å². The first-order valence-electron chi connectivity index (χ1n) is 9.46. The molecule has 0 fully saturated rings. The molecule has 0 radical (unpaired) electrons. The second-order valence-electron chi connectivity index (χ2n) is 7.13. The van der Waals surface area contributed by atoms with Gasteiger partial charge in [-0.15, -0.1) is 0 Å². The Kier molecular flexibility index (Phi) is 6.49. The minimum absolute atomic E-state index is 0.0980.